The Kier molecular flexibility index (Phi) is 5.03. The Bertz CT molecular complexity index is 979. The van der Waals surface area contributed by atoms with Crippen molar-refractivity contribution in [3.8, 4) is 6.07 Å². The van der Waals surface area contributed by atoms with E-state index < -0.39 is 0 Å². The number of fused-ring (bicyclic) bond motifs is 1. The van der Waals surface area contributed by atoms with Gasteiger partial charge in [-0.2, -0.15) is 5.26 Å². The van der Waals surface area contributed by atoms with Crippen molar-refractivity contribution in [3.05, 3.63) is 68.9 Å². The Morgan fingerprint density at radius 1 is 1.29 bits per heavy atom. The van der Waals surface area contributed by atoms with Crippen LogP contribution in [-0.4, -0.2) is 15.3 Å². The molecule has 120 valence electrons. The van der Waals surface area contributed by atoms with Crippen LogP contribution in [0.2, 0.25) is 0 Å². The van der Waals surface area contributed by atoms with Crippen LogP contribution in [0.25, 0.3) is 10.9 Å². The van der Waals surface area contributed by atoms with E-state index in [9.17, 15) is 4.79 Å². The standard InChI is InChI=1S/C18H14BrN3OS/c1-12(13-5-3-2-4-6-13)22-17(23)15-11-14(19)7-8-16(15)21-18(22)24-10-9-20/h2-8,11-12H,10H2,1H3/t12-/m0/s1. The first-order valence-corrected chi connectivity index (χ1v) is 9.16. The molecule has 0 aliphatic heterocycles. The van der Waals surface area contributed by atoms with E-state index in [1.807, 2.05) is 49.4 Å². The zero-order valence-electron chi connectivity index (χ0n) is 12.9. The highest BCUT2D eigenvalue weighted by Crippen LogP contribution is 2.25. The third-order valence-electron chi connectivity index (χ3n) is 3.77. The molecule has 0 bridgehead atoms. The minimum Gasteiger partial charge on any atom is -0.280 e. The minimum absolute atomic E-state index is 0.0990. The third kappa shape index (κ3) is 3.23. The van der Waals surface area contributed by atoms with E-state index in [1.54, 1.807) is 10.6 Å². The fourth-order valence-corrected chi connectivity index (χ4v) is 3.67. The van der Waals surface area contributed by atoms with Gasteiger partial charge in [0.25, 0.3) is 5.56 Å². The predicted octanol–water partition coefficient (Wildman–Crippen LogP) is 4.38. The summed E-state index contributed by atoms with van der Waals surface area (Å²) in [5.74, 6) is 0.246. The predicted molar refractivity (Wildman–Crippen MR) is 100 cm³/mol. The molecule has 6 heteroatoms. The van der Waals surface area contributed by atoms with Gasteiger partial charge in [0.2, 0.25) is 0 Å². The summed E-state index contributed by atoms with van der Waals surface area (Å²) in [7, 11) is 0. The van der Waals surface area contributed by atoms with E-state index >= 15 is 0 Å². The number of benzene rings is 2. The molecular weight excluding hydrogens is 386 g/mol. The van der Waals surface area contributed by atoms with Gasteiger partial charge < -0.3 is 0 Å². The van der Waals surface area contributed by atoms with Gasteiger partial charge in [-0.1, -0.05) is 58.0 Å². The van der Waals surface area contributed by atoms with E-state index in [0.29, 0.717) is 16.1 Å². The topological polar surface area (TPSA) is 58.7 Å². The molecule has 0 unspecified atom stereocenters. The lowest BCUT2D eigenvalue weighted by atomic mass is 10.1. The average Bonchev–Trinajstić information content (AvgIpc) is 2.61. The number of halogens is 1. The first kappa shape index (κ1) is 16.7. The second-order valence-corrected chi connectivity index (χ2v) is 7.12. The Labute approximate surface area is 152 Å². The number of nitriles is 1. The molecule has 0 saturated carbocycles. The van der Waals surface area contributed by atoms with Crippen molar-refractivity contribution in [2.45, 2.75) is 18.1 Å². The molecule has 3 rings (SSSR count). The zero-order valence-corrected chi connectivity index (χ0v) is 15.3. The highest BCUT2D eigenvalue weighted by molar-refractivity contribution is 9.10. The smallest absolute Gasteiger partial charge is 0.262 e. The molecule has 0 aliphatic rings. The number of nitrogens with zero attached hydrogens (tertiary/aromatic N) is 3. The summed E-state index contributed by atoms with van der Waals surface area (Å²) < 4.78 is 2.51. The van der Waals surface area contributed by atoms with E-state index in [2.05, 4.69) is 27.0 Å². The first-order valence-electron chi connectivity index (χ1n) is 7.38. The Balaban J connectivity index is 2.25. The number of hydrogen-bond donors (Lipinski definition) is 0. The highest BCUT2D eigenvalue weighted by atomic mass is 79.9. The maximum Gasteiger partial charge on any atom is 0.262 e. The average molecular weight is 400 g/mol. The molecule has 0 fully saturated rings. The molecule has 4 nitrogen and oxygen atoms in total. The van der Waals surface area contributed by atoms with Crippen LogP contribution in [0, 0.1) is 11.3 Å². The lowest BCUT2D eigenvalue weighted by Gasteiger charge is -2.19. The van der Waals surface area contributed by atoms with Crippen LogP contribution in [0.3, 0.4) is 0 Å². The molecule has 3 aromatic rings. The maximum absolute atomic E-state index is 13.1. The van der Waals surface area contributed by atoms with Crippen molar-refractivity contribution in [1.82, 2.24) is 9.55 Å². The van der Waals surface area contributed by atoms with Crippen molar-refractivity contribution < 1.29 is 0 Å². The number of aromatic nitrogens is 2. The number of rotatable bonds is 4. The molecule has 0 N–H and O–H groups in total. The summed E-state index contributed by atoms with van der Waals surface area (Å²) in [5.41, 5.74) is 1.56. The van der Waals surface area contributed by atoms with Crippen molar-refractivity contribution >= 4 is 38.6 Å². The first-order chi connectivity index (χ1) is 11.6. The molecule has 0 spiro atoms. The van der Waals surface area contributed by atoms with E-state index in [0.717, 1.165) is 10.0 Å². The monoisotopic (exact) mass is 399 g/mol. The fourth-order valence-electron chi connectivity index (χ4n) is 2.57. The quantitative estimate of drug-likeness (QED) is 0.482. The Morgan fingerprint density at radius 2 is 2.04 bits per heavy atom. The third-order valence-corrected chi connectivity index (χ3v) is 5.08. The van der Waals surface area contributed by atoms with Crippen LogP contribution in [-0.2, 0) is 0 Å². The molecular formula is C18H14BrN3OS. The molecule has 2 aromatic carbocycles. The summed E-state index contributed by atoms with van der Waals surface area (Å²) in [4.78, 5) is 17.7. The molecule has 0 aliphatic carbocycles. The molecule has 1 heterocycles. The normalized spacial score (nSPS) is 12.0. The van der Waals surface area contributed by atoms with Crippen molar-refractivity contribution in [2.24, 2.45) is 0 Å². The summed E-state index contributed by atoms with van der Waals surface area (Å²) >= 11 is 4.69. The van der Waals surface area contributed by atoms with Crippen LogP contribution >= 0.6 is 27.7 Å². The summed E-state index contributed by atoms with van der Waals surface area (Å²) in [6, 6.07) is 17.2. The van der Waals surface area contributed by atoms with Crippen LogP contribution in [0.15, 0.2) is 63.0 Å². The van der Waals surface area contributed by atoms with Gasteiger partial charge in [-0.3, -0.25) is 9.36 Å². The highest BCUT2D eigenvalue weighted by Gasteiger charge is 2.18. The Morgan fingerprint density at radius 3 is 2.75 bits per heavy atom. The largest absolute Gasteiger partial charge is 0.280 e. The SMILES string of the molecule is C[C@@H](c1ccccc1)n1c(SCC#N)nc2ccc(Br)cc2c1=O. The number of thioether (sulfide) groups is 1. The number of hydrogen-bond acceptors (Lipinski definition) is 4. The molecule has 1 atom stereocenters. The fraction of sp³-hybridized carbons (Fsp3) is 0.167. The van der Waals surface area contributed by atoms with Gasteiger partial charge in [0.15, 0.2) is 5.16 Å². The zero-order chi connectivity index (χ0) is 17.1. The second kappa shape index (κ2) is 7.20. The van der Waals surface area contributed by atoms with E-state index in [1.165, 1.54) is 11.8 Å². The van der Waals surface area contributed by atoms with Gasteiger partial charge in [0.1, 0.15) is 0 Å². The Hall–Kier alpha value is -2.10. The second-order valence-electron chi connectivity index (χ2n) is 5.26. The van der Waals surface area contributed by atoms with E-state index in [4.69, 9.17) is 5.26 Å². The lowest BCUT2D eigenvalue weighted by Crippen LogP contribution is -2.27. The minimum atomic E-state index is -0.171. The summed E-state index contributed by atoms with van der Waals surface area (Å²) in [5, 5.41) is 10.0. The summed E-state index contributed by atoms with van der Waals surface area (Å²) in [6.45, 7) is 1.97. The molecule has 24 heavy (non-hydrogen) atoms. The molecule has 0 saturated heterocycles. The molecule has 1 aromatic heterocycles. The molecule has 0 amide bonds. The van der Waals surface area contributed by atoms with Gasteiger partial charge in [0, 0.05) is 4.47 Å². The van der Waals surface area contributed by atoms with Crippen LogP contribution in [0.4, 0.5) is 0 Å². The van der Waals surface area contributed by atoms with Crippen LogP contribution in [0.1, 0.15) is 18.5 Å². The van der Waals surface area contributed by atoms with Gasteiger partial charge in [-0.25, -0.2) is 4.98 Å². The van der Waals surface area contributed by atoms with Gasteiger partial charge in [-0.15, -0.1) is 0 Å². The van der Waals surface area contributed by atoms with E-state index in [-0.39, 0.29) is 17.4 Å². The van der Waals surface area contributed by atoms with Crippen LogP contribution in [0.5, 0.6) is 0 Å². The van der Waals surface area contributed by atoms with Crippen molar-refractivity contribution in [3.63, 3.8) is 0 Å². The lowest BCUT2D eigenvalue weighted by molar-refractivity contribution is 0.549. The van der Waals surface area contributed by atoms with Gasteiger partial charge in [-0.05, 0) is 30.7 Å². The van der Waals surface area contributed by atoms with Gasteiger partial charge in [0.05, 0.1) is 28.8 Å². The van der Waals surface area contributed by atoms with Crippen LogP contribution < -0.4 is 5.56 Å². The molecule has 0 radical (unpaired) electrons. The maximum atomic E-state index is 13.1. The van der Waals surface area contributed by atoms with Gasteiger partial charge >= 0.3 is 0 Å². The van der Waals surface area contributed by atoms with Crippen molar-refractivity contribution in [2.75, 3.05) is 5.75 Å². The van der Waals surface area contributed by atoms with Crippen molar-refractivity contribution in [1.29, 1.82) is 5.26 Å². The summed E-state index contributed by atoms with van der Waals surface area (Å²) in [6.07, 6.45) is 0.